The number of aromatic amines is 2. The molecule has 8 bridgehead atoms. The van der Waals surface area contributed by atoms with Gasteiger partial charge in [-0.25, -0.2) is 9.97 Å². The second-order valence-corrected chi connectivity index (χ2v) is 7.42. The fraction of sp³-hybridized carbons (Fsp3) is 0. The maximum atomic E-state index is 4.91. The first-order chi connectivity index (χ1) is 15.7. The summed E-state index contributed by atoms with van der Waals surface area (Å²) in [4.78, 5) is 16.0. The van der Waals surface area contributed by atoms with Crippen LogP contribution in [0.5, 0.6) is 5.75 Å². The number of aromatic nitrogens is 4. The molecule has 0 amide bonds. The topological polar surface area (TPSA) is 66.6 Å². The third-order valence-corrected chi connectivity index (χ3v) is 5.02. The van der Waals surface area contributed by atoms with Gasteiger partial charge in [0.1, 0.15) is 0 Å². The Labute approximate surface area is 203 Å². The molecule has 7 heteroatoms. The van der Waals surface area contributed by atoms with Crippen LogP contribution >= 0.6 is 0 Å². The summed E-state index contributed by atoms with van der Waals surface area (Å²) in [5.74, 6) is 0.910. The first-order valence-electron chi connectivity index (χ1n) is 10.4. The Morgan fingerprint density at radius 2 is 0.909 bits per heavy atom. The van der Waals surface area contributed by atoms with E-state index in [0.29, 0.717) is 0 Å². The van der Waals surface area contributed by atoms with Gasteiger partial charge in [0.05, 0.1) is 28.5 Å². The number of nitrogens with one attached hydrogen (secondary N) is 2. The second kappa shape index (κ2) is 10.2. The summed E-state index contributed by atoms with van der Waals surface area (Å²) in [6, 6.07) is 26.0. The monoisotopic (exact) mass is 471 g/mol. The van der Waals surface area contributed by atoms with Crippen LogP contribution in [0.15, 0.2) is 78.9 Å². The molecule has 6 rings (SSSR count). The molecule has 0 aliphatic carbocycles. The molecule has 5 heterocycles. The summed E-state index contributed by atoms with van der Waals surface area (Å²) in [7, 11) is 1.66. The van der Waals surface area contributed by atoms with E-state index < -0.39 is 0 Å². The van der Waals surface area contributed by atoms with Crippen molar-refractivity contribution in [1.29, 1.82) is 0 Å². The van der Waals surface area contributed by atoms with Gasteiger partial charge in [-0.1, -0.05) is 18.2 Å². The number of fused-ring (bicyclic) bond motifs is 8. The molecule has 0 unspecified atom stereocenters. The minimum Gasteiger partial charge on any atom is -0.568 e. The zero-order chi connectivity index (χ0) is 21.8. The minimum absolute atomic E-state index is 0. The summed E-state index contributed by atoms with van der Waals surface area (Å²) in [6.07, 6.45) is 8.09. The molecule has 0 fully saturated rings. The SMILES string of the molecule is BOc1ccccc1.C1=Cc2cc3ccc(cc4nc(cc5ccc(cc1n2)[nH]5)C=C4)[nH]3.[Mn]. The van der Waals surface area contributed by atoms with Crippen molar-refractivity contribution in [1.82, 2.24) is 19.9 Å². The van der Waals surface area contributed by atoms with Crippen LogP contribution in [0.1, 0.15) is 22.8 Å². The Kier molecular flexibility index (Phi) is 6.93. The van der Waals surface area contributed by atoms with Gasteiger partial charge in [0.25, 0.3) is 0 Å². The van der Waals surface area contributed by atoms with Crippen molar-refractivity contribution < 1.29 is 21.7 Å². The van der Waals surface area contributed by atoms with Crippen LogP contribution in [0, 0.1) is 0 Å². The molecular weight excluding hydrogens is 450 g/mol. The van der Waals surface area contributed by atoms with Crippen molar-refractivity contribution in [3.8, 4) is 5.75 Å². The minimum atomic E-state index is 0. The third kappa shape index (κ3) is 5.72. The zero-order valence-corrected chi connectivity index (χ0v) is 19.2. The molecule has 5 nitrogen and oxygen atoms in total. The van der Waals surface area contributed by atoms with Crippen molar-refractivity contribution in [2.24, 2.45) is 0 Å². The van der Waals surface area contributed by atoms with Crippen LogP contribution in [0.25, 0.3) is 46.4 Å². The first-order valence-corrected chi connectivity index (χ1v) is 10.4. The Balaban J connectivity index is 0.000000247. The van der Waals surface area contributed by atoms with Crippen LogP contribution in [-0.2, 0) is 17.1 Å². The largest absolute Gasteiger partial charge is 0.568 e. The van der Waals surface area contributed by atoms with E-state index in [0.717, 1.165) is 50.6 Å². The summed E-state index contributed by atoms with van der Waals surface area (Å²) in [5, 5.41) is 0. The van der Waals surface area contributed by atoms with Gasteiger partial charge < -0.3 is 14.6 Å². The van der Waals surface area contributed by atoms with E-state index in [1.165, 1.54) is 0 Å². The maximum Gasteiger partial charge on any atom is 0.322 e. The number of hydrogen-bond acceptors (Lipinski definition) is 3. The van der Waals surface area contributed by atoms with Crippen molar-refractivity contribution in [3.05, 3.63) is 102 Å². The maximum absolute atomic E-state index is 4.91. The zero-order valence-electron chi connectivity index (χ0n) is 18.0. The number of benzene rings is 1. The quantitative estimate of drug-likeness (QED) is 0.322. The molecular formula is C26H21BMnN4O. The average molecular weight is 471 g/mol. The summed E-state index contributed by atoms with van der Waals surface area (Å²) in [5.41, 5.74) is 7.86. The Bertz CT molecular complexity index is 1300. The molecule has 2 aliphatic rings. The van der Waals surface area contributed by atoms with E-state index in [1.807, 2.05) is 78.9 Å². The predicted molar refractivity (Wildman–Crippen MR) is 134 cm³/mol. The average Bonchev–Trinajstić information content (AvgIpc) is 3.61. The normalized spacial score (nSPS) is 11.3. The Morgan fingerprint density at radius 1 is 0.545 bits per heavy atom. The van der Waals surface area contributed by atoms with Crippen LogP contribution < -0.4 is 4.65 Å². The third-order valence-electron chi connectivity index (χ3n) is 5.02. The molecule has 0 saturated carbocycles. The number of hydrogen-bond donors (Lipinski definition) is 2. The van der Waals surface area contributed by atoms with E-state index in [2.05, 4.69) is 44.2 Å². The molecule has 33 heavy (non-hydrogen) atoms. The van der Waals surface area contributed by atoms with Gasteiger partial charge in [-0.3, -0.25) is 0 Å². The van der Waals surface area contributed by atoms with E-state index in [1.54, 1.807) is 8.05 Å². The molecule has 4 aromatic rings. The van der Waals surface area contributed by atoms with Crippen molar-refractivity contribution in [2.45, 2.75) is 0 Å². The number of H-pyrrole nitrogens is 2. The molecule has 2 aliphatic heterocycles. The van der Waals surface area contributed by atoms with E-state index in [4.69, 9.17) is 4.65 Å². The van der Waals surface area contributed by atoms with Gasteiger partial charge in [-0.05, 0) is 85.0 Å². The molecule has 3 aromatic heterocycles. The van der Waals surface area contributed by atoms with Gasteiger partial charge in [0, 0.05) is 39.1 Å². The predicted octanol–water partition coefficient (Wildman–Crippen LogP) is 5.27. The Morgan fingerprint density at radius 3 is 1.21 bits per heavy atom. The van der Waals surface area contributed by atoms with Gasteiger partial charge in [-0.2, -0.15) is 0 Å². The van der Waals surface area contributed by atoms with Gasteiger partial charge >= 0.3 is 8.05 Å². The molecule has 1 radical (unpaired) electrons. The fourth-order valence-corrected chi connectivity index (χ4v) is 3.50. The van der Waals surface area contributed by atoms with Crippen LogP contribution in [0.2, 0.25) is 0 Å². The smallest absolute Gasteiger partial charge is 0.322 e. The van der Waals surface area contributed by atoms with Crippen LogP contribution in [0.3, 0.4) is 0 Å². The molecule has 2 N–H and O–H groups in total. The van der Waals surface area contributed by atoms with Crippen LogP contribution in [0.4, 0.5) is 0 Å². The van der Waals surface area contributed by atoms with E-state index in [-0.39, 0.29) is 17.1 Å². The molecule has 1 aromatic carbocycles. The number of nitrogens with zero attached hydrogens (tertiary/aromatic N) is 2. The molecule has 0 spiro atoms. The first kappa shape index (κ1) is 22.4. The molecule has 0 saturated heterocycles. The van der Waals surface area contributed by atoms with Gasteiger partial charge in [-0.15, -0.1) is 0 Å². The number of rotatable bonds is 1. The number of para-hydroxylation sites is 1. The van der Waals surface area contributed by atoms with Crippen molar-refractivity contribution >= 4 is 54.4 Å². The second-order valence-electron chi connectivity index (χ2n) is 7.42. The molecule has 0 atom stereocenters. The fourth-order valence-electron chi connectivity index (χ4n) is 3.50. The molecule has 161 valence electrons. The summed E-state index contributed by atoms with van der Waals surface area (Å²) >= 11 is 0. The van der Waals surface area contributed by atoms with Crippen LogP contribution in [-0.4, -0.2) is 28.0 Å². The van der Waals surface area contributed by atoms with E-state index >= 15 is 0 Å². The van der Waals surface area contributed by atoms with E-state index in [9.17, 15) is 0 Å². The standard InChI is InChI=1S/C20H14N4.C6H7BO.Mn/c1-2-14-10-16-5-6-18(23-16)12-20-8-7-19(24-20)11-17-4-3-15(22-17)9-13(1)21-14;7-8-6-4-2-1-3-5-6;/h1-12,21,24H;1-5H,7H2;. The Hall–Kier alpha value is -3.80. The van der Waals surface area contributed by atoms with Gasteiger partial charge in [0.15, 0.2) is 0 Å². The summed E-state index contributed by atoms with van der Waals surface area (Å²) in [6.45, 7) is 0. The summed E-state index contributed by atoms with van der Waals surface area (Å²) < 4.78 is 4.91. The van der Waals surface area contributed by atoms with Crippen molar-refractivity contribution in [2.75, 3.05) is 0 Å². The van der Waals surface area contributed by atoms with Gasteiger partial charge in [0.2, 0.25) is 0 Å². The van der Waals surface area contributed by atoms with Crippen molar-refractivity contribution in [3.63, 3.8) is 0 Å².